The lowest BCUT2D eigenvalue weighted by molar-refractivity contribution is -0.115. The molecule has 0 spiro atoms. The van der Waals surface area contributed by atoms with Gasteiger partial charge in [0.25, 0.3) is 0 Å². The molecule has 1 aliphatic carbocycles. The van der Waals surface area contributed by atoms with Crippen molar-refractivity contribution in [2.45, 2.75) is 42.2 Å². The van der Waals surface area contributed by atoms with Gasteiger partial charge in [0.05, 0.1) is 24.2 Å². The number of rotatable bonds is 7. The average molecular weight is 449 g/mol. The molecule has 8 nitrogen and oxygen atoms in total. The zero-order valence-electron chi connectivity index (χ0n) is 16.0. The summed E-state index contributed by atoms with van der Waals surface area (Å²) in [7, 11) is -7.40. The average Bonchev–Trinajstić information content (AvgIpc) is 3.24. The molecular formula is C18H25FN2O6S2. The Labute approximate surface area is 170 Å². The Balaban J connectivity index is 1.67. The van der Waals surface area contributed by atoms with Gasteiger partial charge in [0.15, 0.2) is 9.84 Å². The van der Waals surface area contributed by atoms with E-state index in [4.69, 9.17) is 4.74 Å². The number of sulfone groups is 1. The van der Waals surface area contributed by atoms with Gasteiger partial charge in [-0.15, -0.1) is 0 Å². The van der Waals surface area contributed by atoms with Crippen LogP contribution in [0.25, 0.3) is 0 Å². The maximum absolute atomic E-state index is 14.2. The van der Waals surface area contributed by atoms with Crippen molar-refractivity contribution in [1.29, 1.82) is 0 Å². The third kappa shape index (κ3) is 5.33. The predicted octanol–water partition coefficient (Wildman–Crippen LogP) is 1.53. The highest BCUT2D eigenvalue weighted by Gasteiger charge is 2.30. The summed E-state index contributed by atoms with van der Waals surface area (Å²) in [6.45, 7) is 0.703. The summed E-state index contributed by atoms with van der Waals surface area (Å²) < 4.78 is 70.4. The molecular weight excluding hydrogens is 423 g/mol. The third-order valence-corrected chi connectivity index (χ3v) is 9.40. The predicted molar refractivity (Wildman–Crippen MR) is 105 cm³/mol. The first kappa shape index (κ1) is 22.1. The van der Waals surface area contributed by atoms with Crippen LogP contribution in [0.4, 0.5) is 10.1 Å². The molecule has 0 radical (unpaired) electrons. The van der Waals surface area contributed by atoms with E-state index in [1.54, 1.807) is 0 Å². The number of ether oxygens (including phenoxy) is 1. The van der Waals surface area contributed by atoms with Gasteiger partial charge in [0.1, 0.15) is 10.7 Å². The lowest BCUT2D eigenvalue weighted by Crippen LogP contribution is -2.40. The molecule has 1 aromatic rings. The summed E-state index contributed by atoms with van der Waals surface area (Å²) >= 11 is 0. The SMILES string of the molecule is O=C(CCS(=O)(=O)C1CCCC1)Nc1ccc(F)c(S(=O)(=O)N2CCOCC2)c1. The number of sulfonamides is 1. The molecule has 0 atom stereocenters. The van der Waals surface area contributed by atoms with Crippen LogP contribution >= 0.6 is 0 Å². The van der Waals surface area contributed by atoms with Crippen LogP contribution in [-0.2, 0) is 29.4 Å². The highest BCUT2D eigenvalue weighted by atomic mass is 32.2. The van der Waals surface area contributed by atoms with Gasteiger partial charge in [-0.3, -0.25) is 4.79 Å². The van der Waals surface area contributed by atoms with Crippen LogP contribution in [0.5, 0.6) is 0 Å². The van der Waals surface area contributed by atoms with Crippen molar-refractivity contribution < 1.29 is 30.8 Å². The Kier molecular flexibility index (Phi) is 6.92. The molecule has 0 bridgehead atoms. The molecule has 1 saturated carbocycles. The quantitative estimate of drug-likeness (QED) is 0.678. The third-order valence-electron chi connectivity index (χ3n) is 5.23. The number of amides is 1. The summed E-state index contributed by atoms with van der Waals surface area (Å²) in [5.74, 6) is -1.74. The van der Waals surface area contributed by atoms with E-state index in [2.05, 4.69) is 5.32 Å². The van der Waals surface area contributed by atoms with Crippen LogP contribution in [0.2, 0.25) is 0 Å². The number of hydrogen-bond donors (Lipinski definition) is 1. The van der Waals surface area contributed by atoms with Gasteiger partial charge in [-0.05, 0) is 31.0 Å². The summed E-state index contributed by atoms with van der Waals surface area (Å²) in [5, 5.41) is 2.09. The molecule has 1 aliphatic heterocycles. The number of carbonyl (C=O) groups is 1. The van der Waals surface area contributed by atoms with E-state index in [1.807, 2.05) is 0 Å². The first-order valence-electron chi connectivity index (χ1n) is 9.59. The maximum Gasteiger partial charge on any atom is 0.246 e. The highest BCUT2D eigenvalue weighted by Crippen LogP contribution is 2.26. The molecule has 162 valence electrons. The van der Waals surface area contributed by atoms with Gasteiger partial charge in [-0.25, -0.2) is 21.2 Å². The Bertz CT molecular complexity index is 953. The Morgan fingerprint density at radius 2 is 1.79 bits per heavy atom. The number of nitrogens with zero attached hydrogens (tertiary/aromatic N) is 1. The largest absolute Gasteiger partial charge is 0.379 e. The summed E-state index contributed by atoms with van der Waals surface area (Å²) in [4.78, 5) is 11.6. The van der Waals surface area contributed by atoms with Crippen LogP contribution in [0, 0.1) is 5.82 Å². The van der Waals surface area contributed by atoms with E-state index in [0.717, 1.165) is 29.3 Å². The van der Waals surface area contributed by atoms with Gasteiger partial charge >= 0.3 is 0 Å². The number of nitrogens with one attached hydrogen (secondary N) is 1. The van der Waals surface area contributed by atoms with Gasteiger partial charge < -0.3 is 10.1 Å². The molecule has 11 heteroatoms. The Morgan fingerprint density at radius 3 is 2.45 bits per heavy atom. The number of hydrogen-bond acceptors (Lipinski definition) is 6. The monoisotopic (exact) mass is 448 g/mol. The van der Waals surface area contributed by atoms with Crippen LogP contribution in [0.3, 0.4) is 0 Å². The first-order chi connectivity index (χ1) is 13.7. The van der Waals surface area contributed by atoms with Gasteiger partial charge in [0, 0.05) is 25.2 Å². The zero-order chi connectivity index (χ0) is 21.1. The fourth-order valence-corrected chi connectivity index (χ4v) is 6.93. The molecule has 1 saturated heterocycles. The minimum absolute atomic E-state index is 0.0986. The van der Waals surface area contributed by atoms with Crippen LogP contribution in [0.15, 0.2) is 23.1 Å². The number of anilines is 1. The first-order valence-corrected chi connectivity index (χ1v) is 12.7. The van der Waals surface area contributed by atoms with Crippen molar-refractivity contribution in [2.24, 2.45) is 0 Å². The molecule has 1 amide bonds. The molecule has 3 rings (SSSR count). The van der Waals surface area contributed by atoms with Gasteiger partial charge in [-0.1, -0.05) is 12.8 Å². The van der Waals surface area contributed by atoms with E-state index in [9.17, 15) is 26.0 Å². The molecule has 0 unspecified atom stereocenters. The second-order valence-corrected chi connectivity index (χ2v) is 11.5. The van der Waals surface area contributed by atoms with Gasteiger partial charge in [0.2, 0.25) is 15.9 Å². The van der Waals surface area contributed by atoms with E-state index < -0.39 is 36.5 Å². The molecule has 2 aliphatic rings. The summed E-state index contributed by atoms with van der Waals surface area (Å²) in [6, 6.07) is 3.28. The molecule has 1 aromatic carbocycles. The van der Waals surface area contributed by atoms with Crippen molar-refractivity contribution in [3.05, 3.63) is 24.0 Å². The molecule has 29 heavy (non-hydrogen) atoms. The lowest BCUT2D eigenvalue weighted by atomic mass is 10.3. The van der Waals surface area contributed by atoms with E-state index in [-0.39, 0.29) is 49.4 Å². The number of carbonyl (C=O) groups excluding carboxylic acids is 1. The second kappa shape index (κ2) is 9.07. The molecule has 2 fully saturated rings. The standard InChI is InChI=1S/C18H25FN2O6S2/c19-16-6-5-14(13-17(16)29(25,26)21-8-10-27-11-9-21)20-18(22)7-12-28(23,24)15-3-1-2-4-15/h5-6,13,15H,1-4,7-12H2,(H,20,22). The van der Waals surface area contributed by atoms with Gasteiger partial charge in [-0.2, -0.15) is 4.31 Å². The topological polar surface area (TPSA) is 110 Å². The smallest absolute Gasteiger partial charge is 0.246 e. The maximum atomic E-state index is 14.2. The van der Waals surface area contributed by atoms with Crippen molar-refractivity contribution >= 4 is 31.5 Å². The van der Waals surface area contributed by atoms with Crippen molar-refractivity contribution in [2.75, 3.05) is 37.4 Å². The van der Waals surface area contributed by atoms with Crippen molar-refractivity contribution in [3.8, 4) is 0 Å². The van der Waals surface area contributed by atoms with Crippen LogP contribution in [-0.4, -0.2) is 64.4 Å². The number of halogens is 1. The molecule has 1 heterocycles. The van der Waals surface area contributed by atoms with E-state index in [1.165, 1.54) is 6.07 Å². The van der Waals surface area contributed by atoms with E-state index in [0.29, 0.717) is 12.8 Å². The minimum Gasteiger partial charge on any atom is -0.379 e. The Hall–Kier alpha value is -1.56. The van der Waals surface area contributed by atoms with Crippen LogP contribution in [0.1, 0.15) is 32.1 Å². The zero-order valence-corrected chi connectivity index (χ0v) is 17.6. The highest BCUT2D eigenvalue weighted by molar-refractivity contribution is 7.92. The second-order valence-electron chi connectivity index (χ2n) is 7.23. The normalized spacial score (nSPS) is 19.3. The fourth-order valence-electron chi connectivity index (χ4n) is 3.58. The van der Waals surface area contributed by atoms with E-state index >= 15 is 0 Å². The van der Waals surface area contributed by atoms with Crippen molar-refractivity contribution in [3.63, 3.8) is 0 Å². The molecule has 0 aromatic heterocycles. The number of benzene rings is 1. The molecule has 1 N–H and O–H groups in total. The summed E-state index contributed by atoms with van der Waals surface area (Å²) in [6.07, 6.45) is 2.79. The summed E-state index contributed by atoms with van der Waals surface area (Å²) in [5.41, 5.74) is 0.0986. The lowest BCUT2D eigenvalue weighted by Gasteiger charge is -2.26. The van der Waals surface area contributed by atoms with Crippen LogP contribution < -0.4 is 5.32 Å². The number of morpholine rings is 1. The Morgan fingerprint density at radius 1 is 1.14 bits per heavy atom. The van der Waals surface area contributed by atoms with Crippen molar-refractivity contribution in [1.82, 2.24) is 4.31 Å². The minimum atomic E-state index is -4.07. The fraction of sp³-hybridized carbons (Fsp3) is 0.611.